The van der Waals surface area contributed by atoms with Crippen molar-refractivity contribution < 1.29 is 0 Å². The van der Waals surface area contributed by atoms with Crippen LogP contribution in [0.15, 0.2) is 60.7 Å². The van der Waals surface area contributed by atoms with E-state index in [0.29, 0.717) is 0 Å². The third-order valence-corrected chi connectivity index (χ3v) is 5.42. The number of benzene rings is 2. The molecule has 1 aromatic heterocycles. The van der Waals surface area contributed by atoms with Gasteiger partial charge in [0.1, 0.15) is 0 Å². The Hall–Kier alpha value is -2.43. The van der Waals surface area contributed by atoms with E-state index >= 15 is 0 Å². The number of hydrogen-bond donors (Lipinski definition) is 1. The second-order valence-corrected chi connectivity index (χ2v) is 7.28. The van der Waals surface area contributed by atoms with Crippen molar-refractivity contribution in [3.05, 3.63) is 77.6 Å². The minimum absolute atomic E-state index is 0.917. The summed E-state index contributed by atoms with van der Waals surface area (Å²) in [5.74, 6) is 0. The Balaban J connectivity index is 1.40. The van der Waals surface area contributed by atoms with E-state index in [0.717, 1.165) is 45.7 Å². The number of aromatic amines is 1. The molecule has 0 spiro atoms. The zero-order chi connectivity index (χ0) is 18.5. The molecule has 1 N–H and O–H groups in total. The highest BCUT2D eigenvalue weighted by atomic mass is 15.3. The molecule has 0 saturated carbocycles. The molecule has 27 heavy (non-hydrogen) atoms. The van der Waals surface area contributed by atoms with Crippen LogP contribution in [0.5, 0.6) is 0 Å². The molecule has 0 unspecified atom stereocenters. The summed E-state index contributed by atoms with van der Waals surface area (Å²) in [6.07, 6.45) is 0.974. The molecule has 140 valence electrons. The van der Waals surface area contributed by atoms with Crippen molar-refractivity contribution in [2.75, 3.05) is 26.2 Å². The molecule has 0 radical (unpaired) electrons. The van der Waals surface area contributed by atoms with Gasteiger partial charge in [-0.15, -0.1) is 0 Å². The Morgan fingerprint density at radius 2 is 1.41 bits per heavy atom. The molecule has 1 saturated heterocycles. The monoisotopic (exact) mass is 360 g/mol. The van der Waals surface area contributed by atoms with Gasteiger partial charge in [0.15, 0.2) is 0 Å². The van der Waals surface area contributed by atoms with Crippen LogP contribution in [0.4, 0.5) is 0 Å². The fourth-order valence-corrected chi connectivity index (χ4v) is 3.90. The Kier molecular flexibility index (Phi) is 5.66. The standard InChI is InChI=1S/C23H28N4/c1-2-21-23(20-11-7-4-8-12-20)22(25-24-21)18-27-15-13-26(14-16-27)17-19-9-5-3-6-10-19/h3-12H,2,13-18H2,1H3,(H,24,25). The fourth-order valence-electron chi connectivity index (χ4n) is 3.90. The minimum atomic E-state index is 0.917. The molecule has 1 aliphatic rings. The molecule has 2 heterocycles. The van der Waals surface area contributed by atoms with Gasteiger partial charge in [-0.1, -0.05) is 67.6 Å². The Labute approximate surface area is 161 Å². The quantitative estimate of drug-likeness (QED) is 0.723. The average molecular weight is 361 g/mol. The summed E-state index contributed by atoms with van der Waals surface area (Å²) < 4.78 is 0. The van der Waals surface area contributed by atoms with E-state index in [1.54, 1.807) is 0 Å². The number of nitrogens with one attached hydrogen (secondary N) is 1. The smallest absolute Gasteiger partial charge is 0.0843 e. The Morgan fingerprint density at radius 3 is 2.04 bits per heavy atom. The lowest BCUT2D eigenvalue weighted by atomic mass is 10.0. The second kappa shape index (κ2) is 8.51. The van der Waals surface area contributed by atoms with Gasteiger partial charge in [0.05, 0.1) is 5.69 Å². The zero-order valence-electron chi connectivity index (χ0n) is 16.1. The van der Waals surface area contributed by atoms with Gasteiger partial charge in [-0.3, -0.25) is 14.9 Å². The highest BCUT2D eigenvalue weighted by molar-refractivity contribution is 5.68. The summed E-state index contributed by atoms with van der Waals surface area (Å²) in [6.45, 7) is 8.56. The molecule has 0 atom stereocenters. The molecule has 3 aromatic rings. The van der Waals surface area contributed by atoms with Crippen molar-refractivity contribution in [3.8, 4) is 11.1 Å². The Bertz CT molecular complexity index is 833. The van der Waals surface area contributed by atoms with E-state index in [4.69, 9.17) is 0 Å². The first kappa shape index (κ1) is 18.0. The summed E-state index contributed by atoms with van der Waals surface area (Å²) in [5.41, 5.74) is 6.37. The van der Waals surface area contributed by atoms with Crippen LogP contribution in [-0.4, -0.2) is 46.2 Å². The first-order chi connectivity index (χ1) is 13.3. The predicted molar refractivity (Wildman–Crippen MR) is 110 cm³/mol. The molecule has 4 heteroatoms. The van der Waals surface area contributed by atoms with Crippen molar-refractivity contribution >= 4 is 0 Å². The number of H-pyrrole nitrogens is 1. The van der Waals surface area contributed by atoms with Crippen LogP contribution in [0, 0.1) is 0 Å². The van der Waals surface area contributed by atoms with Crippen molar-refractivity contribution in [1.29, 1.82) is 0 Å². The number of hydrogen-bond acceptors (Lipinski definition) is 3. The number of aromatic nitrogens is 2. The zero-order valence-corrected chi connectivity index (χ0v) is 16.1. The lowest BCUT2D eigenvalue weighted by molar-refractivity contribution is 0.121. The number of piperazine rings is 1. The molecule has 1 fully saturated rings. The fraction of sp³-hybridized carbons (Fsp3) is 0.348. The van der Waals surface area contributed by atoms with Crippen LogP contribution in [0.3, 0.4) is 0 Å². The first-order valence-corrected chi connectivity index (χ1v) is 9.93. The van der Waals surface area contributed by atoms with Crippen LogP contribution >= 0.6 is 0 Å². The predicted octanol–water partition coefficient (Wildman–Crippen LogP) is 3.96. The van der Waals surface area contributed by atoms with Crippen LogP contribution in [0.1, 0.15) is 23.9 Å². The van der Waals surface area contributed by atoms with Gasteiger partial charge in [0, 0.05) is 50.5 Å². The summed E-state index contributed by atoms with van der Waals surface area (Å²) in [5, 5.41) is 7.93. The Morgan fingerprint density at radius 1 is 0.815 bits per heavy atom. The molecule has 1 aliphatic heterocycles. The molecular weight excluding hydrogens is 332 g/mol. The van der Waals surface area contributed by atoms with Gasteiger partial charge < -0.3 is 0 Å². The first-order valence-electron chi connectivity index (χ1n) is 9.93. The molecule has 0 amide bonds. The van der Waals surface area contributed by atoms with E-state index in [2.05, 4.69) is 87.6 Å². The number of nitrogens with zero attached hydrogens (tertiary/aromatic N) is 3. The van der Waals surface area contributed by atoms with Crippen molar-refractivity contribution in [1.82, 2.24) is 20.0 Å². The van der Waals surface area contributed by atoms with Gasteiger partial charge in [0.2, 0.25) is 0 Å². The van der Waals surface area contributed by atoms with E-state index in [9.17, 15) is 0 Å². The maximum absolute atomic E-state index is 4.66. The molecule has 4 nitrogen and oxygen atoms in total. The van der Waals surface area contributed by atoms with Crippen LogP contribution in [-0.2, 0) is 19.5 Å². The molecule has 0 aliphatic carbocycles. The average Bonchev–Trinajstić information content (AvgIpc) is 3.13. The number of aryl methyl sites for hydroxylation is 1. The van der Waals surface area contributed by atoms with Crippen molar-refractivity contribution in [2.45, 2.75) is 26.4 Å². The maximum atomic E-state index is 4.66. The highest BCUT2D eigenvalue weighted by Crippen LogP contribution is 2.27. The lowest BCUT2D eigenvalue weighted by Gasteiger charge is -2.34. The van der Waals surface area contributed by atoms with Gasteiger partial charge in [0.25, 0.3) is 0 Å². The van der Waals surface area contributed by atoms with Gasteiger partial charge in [-0.25, -0.2) is 0 Å². The second-order valence-electron chi connectivity index (χ2n) is 7.28. The highest BCUT2D eigenvalue weighted by Gasteiger charge is 2.21. The summed E-state index contributed by atoms with van der Waals surface area (Å²) >= 11 is 0. The van der Waals surface area contributed by atoms with Crippen LogP contribution < -0.4 is 0 Å². The van der Waals surface area contributed by atoms with Crippen molar-refractivity contribution in [3.63, 3.8) is 0 Å². The topological polar surface area (TPSA) is 35.2 Å². The molecule has 0 bridgehead atoms. The van der Waals surface area contributed by atoms with Gasteiger partial charge >= 0.3 is 0 Å². The van der Waals surface area contributed by atoms with E-state index in [-0.39, 0.29) is 0 Å². The third-order valence-electron chi connectivity index (χ3n) is 5.42. The SMILES string of the molecule is CCc1[nH]nc(CN2CCN(Cc3ccccc3)CC2)c1-c1ccccc1. The van der Waals surface area contributed by atoms with E-state index < -0.39 is 0 Å². The van der Waals surface area contributed by atoms with Gasteiger partial charge in [-0.2, -0.15) is 5.10 Å². The number of rotatable bonds is 6. The van der Waals surface area contributed by atoms with Gasteiger partial charge in [-0.05, 0) is 17.5 Å². The molecule has 2 aromatic carbocycles. The largest absolute Gasteiger partial charge is 0.297 e. The molecule has 4 rings (SSSR count). The maximum Gasteiger partial charge on any atom is 0.0843 e. The summed E-state index contributed by atoms with van der Waals surface area (Å²) in [4.78, 5) is 5.08. The van der Waals surface area contributed by atoms with E-state index in [1.165, 1.54) is 28.1 Å². The minimum Gasteiger partial charge on any atom is -0.297 e. The van der Waals surface area contributed by atoms with E-state index in [1.807, 2.05) is 0 Å². The normalized spacial score (nSPS) is 15.9. The summed E-state index contributed by atoms with van der Waals surface area (Å²) in [7, 11) is 0. The van der Waals surface area contributed by atoms with Crippen LogP contribution in [0.2, 0.25) is 0 Å². The summed E-state index contributed by atoms with van der Waals surface area (Å²) in [6, 6.07) is 21.4. The molecular formula is C23H28N4. The lowest BCUT2D eigenvalue weighted by Crippen LogP contribution is -2.45. The van der Waals surface area contributed by atoms with Crippen LogP contribution in [0.25, 0.3) is 11.1 Å². The third kappa shape index (κ3) is 4.29. The van der Waals surface area contributed by atoms with Crippen molar-refractivity contribution in [2.24, 2.45) is 0 Å².